The Morgan fingerprint density at radius 3 is 2.59 bits per heavy atom. The second-order valence-corrected chi connectivity index (χ2v) is 6.49. The van der Waals surface area contributed by atoms with E-state index in [1.807, 2.05) is 41.3 Å². The molecule has 3 heterocycles. The number of rotatable bonds is 5. The minimum Gasteiger partial charge on any atom is -0.342 e. The van der Waals surface area contributed by atoms with Gasteiger partial charge in [-0.05, 0) is 24.1 Å². The highest BCUT2D eigenvalue weighted by molar-refractivity contribution is 5.79. The number of anilines is 2. The lowest BCUT2D eigenvalue weighted by Crippen LogP contribution is -2.29. The molecule has 0 bridgehead atoms. The summed E-state index contributed by atoms with van der Waals surface area (Å²) in [5.74, 6) is 1.30. The Hall–Kier alpha value is -3.35. The third-order valence-corrected chi connectivity index (χ3v) is 4.62. The molecule has 0 unspecified atom stereocenters. The molecule has 1 saturated heterocycles. The summed E-state index contributed by atoms with van der Waals surface area (Å²) in [5, 5.41) is 3.01. The minimum atomic E-state index is 0.161. The highest BCUT2D eigenvalue weighted by Crippen LogP contribution is 2.27. The molecule has 2 aromatic heterocycles. The van der Waals surface area contributed by atoms with Crippen LogP contribution in [0.1, 0.15) is 23.6 Å². The van der Waals surface area contributed by atoms with Crippen LogP contribution >= 0.6 is 0 Å². The molecule has 0 radical (unpaired) electrons. The van der Waals surface area contributed by atoms with Gasteiger partial charge in [0.05, 0.1) is 12.1 Å². The molecule has 1 atom stereocenters. The summed E-state index contributed by atoms with van der Waals surface area (Å²) in [7, 11) is 0. The highest BCUT2D eigenvalue weighted by atomic mass is 16.2. The van der Waals surface area contributed by atoms with Crippen LogP contribution in [-0.2, 0) is 11.2 Å². The van der Waals surface area contributed by atoms with E-state index in [2.05, 4.69) is 25.3 Å². The Bertz CT molecular complexity index is 903. The fourth-order valence-electron chi connectivity index (χ4n) is 3.23. The van der Waals surface area contributed by atoms with Gasteiger partial charge in [0.25, 0.3) is 0 Å². The molecule has 7 nitrogen and oxygen atoms in total. The number of nitrogens with zero attached hydrogens (tertiary/aromatic N) is 5. The highest BCUT2D eigenvalue weighted by Gasteiger charge is 2.28. The molecule has 4 rings (SSSR count). The SMILES string of the molecule is O=C(Cc1ccccc1)N1CC[C@@H](c2ccnc(Nc3ncccn3)n2)C1. The van der Waals surface area contributed by atoms with Gasteiger partial charge in [0.15, 0.2) is 0 Å². The second-order valence-electron chi connectivity index (χ2n) is 6.49. The maximum absolute atomic E-state index is 12.6. The molecule has 1 amide bonds. The van der Waals surface area contributed by atoms with Crippen molar-refractivity contribution in [3.63, 3.8) is 0 Å². The number of hydrogen-bond donors (Lipinski definition) is 1. The van der Waals surface area contributed by atoms with E-state index in [-0.39, 0.29) is 11.8 Å². The van der Waals surface area contributed by atoms with Crippen LogP contribution in [0.3, 0.4) is 0 Å². The second kappa shape index (κ2) is 7.90. The van der Waals surface area contributed by atoms with Crippen molar-refractivity contribution >= 4 is 17.8 Å². The lowest BCUT2D eigenvalue weighted by molar-refractivity contribution is -0.129. The largest absolute Gasteiger partial charge is 0.342 e. The van der Waals surface area contributed by atoms with Gasteiger partial charge in [0.2, 0.25) is 17.8 Å². The molecule has 1 aliphatic rings. The van der Waals surface area contributed by atoms with E-state index in [0.29, 0.717) is 24.9 Å². The molecule has 7 heteroatoms. The summed E-state index contributed by atoms with van der Waals surface area (Å²) >= 11 is 0. The Morgan fingerprint density at radius 1 is 1.00 bits per heavy atom. The smallest absolute Gasteiger partial charge is 0.229 e. The topological polar surface area (TPSA) is 83.9 Å². The van der Waals surface area contributed by atoms with E-state index in [1.54, 1.807) is 24.7 Å². The van der Waals surface area contributed by atoms with E-state index in [0.717, 1.165) is 24.2 Å². The van der Waals surface area contributed by atoms with Crippen molar-refractivity contribution < 1.29 is 4.79 Å². The predicted molar refractivity (Wildman–Crippen MR) is 101 cm³/mol. The first-order valence-electron chi connectivity index (χ1n) is 8.96. The van der Waals surface area contributed by atoms with E-state index in [4.69, 9.17) is 0 Å². The number of amides is 1. The van der Waals surface area contributed by atoms with Crippen molar-refractivity contribution in [1.29, 1.82) is 0 Å². The molecule has 3 aromatic rings. The van der Waals surface area contributed by atoms with Crippen molar-refractivity contribution in [2.75, 3.05) is 18.4 Å². The van der Waals surface area contributed by atoms with Gasteiger partial charge in [-0.3, -0.25) is 10.1 Å². The first kappa shape index (κ1) is 17.1. The predicted octanol–water partition coefficient (Wildman–Crippen LogP) is 2.57. The van der Waals surface area contributed by atoms with Crippen LogP contribution in [-0.4, -0.2) is 43.8 Å². The fourth-order valence-corrected chi connectivity index (χ4v) is 3.23. The molecule has 1 aromatic carbocycles. The average Bonchev–Trinajstić information content (AvgIpc) is 3.20. The molecule has 1 aliphatic heterocycles. The van der Waals surface area contributed by atoms with E-state index in [1.165, 1.54) is 0 Å². The fraction of sp³-hybridized carbons (Fsp3) is 0.250. The summed E-state index contributed by atoms with van der Waals surface area (Å²) in [4.78, 5) is 31.6. The summed E-state index contributed by atoms with van der Waals surface area (Å²) in [6.07, 6.45) is 6.38. The third kappa shape index (κ3) is 4.25. The van der Waals surface area contributed by atoms with Gasteiger partial charge >= 0.3 is 0 Å². The van der Waals surface area contributed by atoms with Crippen LogP contribution < -0.4 is 5.32 Å². The lowest BCUT2D eigenvalue weighted by Gasteiger charge is -2.16. The van der Waals surface area contributed by atoms with Crippen molar-refractivity contribution in [2.24, 2.45) is 0 Å². The first-order chi connectivity index (χ1) is 13.3. The minimum absolute atomic E-state index is 0.161. The van der Waals surface area contributed by atoms with Crippen molar-refractivity contribution in [3.05, 3.63) is 72.3 Å². The Kier molecular flexibility index (Phi) is 5.00. The Balaban J connectivity index is 1.40. The molecule has 1 N–H and O–H groups in total. The standard InChI is InChI=1S/C20H20N6O/c27-18(13-15-5-2-1-3-6-15)26-12-8-16(14-26)17-7-11-23-20(24-17)25-19-21-9-4-10-22-19/h1-7,9-11,16H,8,12-14H2,(H,21,22,23,24,25)/t16-/m1/s1. The molecular formula is C20H20N6O. The third-order valence-electron chi connectivity index (χ3n) is 4.62. The van der Waals surface area contributed by atoms with E-state index >= 15 is 0 Å². The number of carbonyl (C=O) groups is 1. The maximum Gasteiger partial charge on any atom is 0.229 e. The number of aromatic nitrogens is 4. The Labute approximate surface area is 157 Å². The summed E-state index contributed by atoms with van der Waals surface area (Å²) in [5.41, 5.74) is 1.97. The molecular weight excluding hydrogens is 340 g/mol. The van der Waals surface area contributed by atoms with Crippen LogP contribution in [0, 0.1) is 0 Å². The summed E-state index contributed by atoms with van der Waals surface area (Å²) in [6.45, 7) is 1.44. The van der Waals surface area contributed by atoms with Crippen molar-refractivity contribution in [1.82, 2.24) is 24.8 Å². The molecule has 0 spiro atoms. The maximum atomic E-state index is 12.6. The zero-order chi connectivity index (χ0) is 18.5. The van der Waals surface area contributed by atoms with Gasteiger partial charge in [0.1, 0.15) is 0 Å². The van der Waals surface area contributed by atoms with Crippen molar-refractivity contribution in [3.8, 4) is 0 Å². The molecule has 1 fully saturated rings. The van der Waals surface area contributed by atoms with Gasteiger partial charge in [-0.15, -0.1) is 0 Å². The van der Waals surface area contributed by atoms with Crippen molar-refractivity contribution in [2.45, 2.75) is 18.8 Å². The van der Waals surface area contributed by atoms with E-state index < -0.39 is 0 Å². The lowest BCUT2D eigenvalue weighted by atomic mass is 10.1. The number of benzene rings is 1. The monoisotopic (exact) mass is 360 g/mol. The zero-order valence-corrected chi connectivity index (χ0v) is 14.8. The number of carbonyl (C=O) groups excluding carboxylic acids is 1. The number of hydrogen-bond acceptors (Lipinski definition) is 6. The molecule has 0 aliphatic carbocycles. The average molecular weight is 360 g/mol. The van der Waals surface area contributed by atoms with Gasteiger partial charge < -0.3 is 4.90 Å². The van der Waals surface area contributed by atoms with E-state index in [9.17, 15) is 4.79 Å². The van der Waals surface area contributed by atoms with Gasteiger partial charge in [-0.2, -0.15) is 0 Å². The Morgan fingerprint density at radius 2 is 1.78 bits per heavy atom. The molecule has 27 heavy (non-hydrogen) atoms. The quantitative estimate of drug-likeness (QED) is 0.753. The van der Waals surface area contributed by atoms with Gasteiger partial charge in [0, 0.05) is 37.6 Å². The van der Waals surface area contributed by atoms with Crippen LogP contribution in [0.2, 0.25) is 0 Å². The number of nitrogens with one attached hydrogen (secondary N) is 1. The van der Waals surface area contributed by atoms with Crippen LogP contribution in [0.4, 0.5) is 11.9 Å². The van der Waals surface area contributed by atoms with Gasteiger partial charge in [-0.1, -0.05) is 30.3 Å². The summed E-state index contributed by atoms with van der Waals surface area (Å²) < 4.78 is 0. The zero-order valence-electron chi connectivity index (χ0n) is 14.8. The first-order valence-corrected chi connectivity index (χ1v) is 8.96. The summed E-state index contributed by atoms with van der Waals surface area (Å²) in [6, 6.07) is 13.5. The van der Waals surface area contributed by atoms with Crippen LogP contribution in [0.15, 0.2) is 61.1 Å². The molecule has 136 valence electrons. The normalized spacial score (nSPS) is 16.3. The van der Waals surface area contributed by atoms with Crippen LogP contribution in [0.25, 0.3) is 0 Å². The van der Waals surface area contributed by atoms with Crippen LogP contribution in [0.5, 0.6) is 0 Å². The van der Waals surface area contributed by atoms with Gasteiger partial charge in [-0.25, -0.2) is 19.9 Å². The molecule has 0 saturated carbocycles. The number of likely N-dealkylation sites (tertiary alicyclic amines) is 1.